The third-order valence-electron chi connectivity index (χ3n) is 5.22. The van der Waals surface area contributed by atoms with Gasteiger partial charge in [-0.2, -0.15) is 8.42 Å². The number of aliphatic hydroxyl groups is 1. The Labute approximate surface area is 200 Å². The van der Waals surface area contributed by atoms with Crippen molar-refractivity contribution >= 4 is 16.1 Å². The van der Waals surface area contributed by atoms with Gasteiger partial charge in [-0.05, 0) is 62.1 Å². The van der Waals surface area contributed by atoms with Crippen molar-refractivity contribution in [2.75, 3.05) is 7.11 Å². The van der Waals surface area contributed by atoms with Crippen molar-refractivity contribution in [2.24, 2.45) is 10.3 Å². The molecule has 0 unspecified atom stereocenters. The monoisotopic (exact) mass is 484 g/mol. The predicted octanol–water partition coefficient (Wildman–Crippen LogP) is 3.08. The van der Waals surface area contributed by atoms with Crippen LogP contribution in [0.3, 0.4) is 0 Å². The maximum atomic E-state index is 12.8. The molecule has 0 radical (unpaired) electrons. The van der Waals surface area contributed by atoms with E-state index in [1.807, 2.05) is 34.9 Å². The number of hydrogen-bond donors (Lipinski definition) is 1. The van der Waals surface area contributed by atoms with E-state index in [-0.39, 0.29) is 4.90 Å². The molecule has 0 bridgehead atoms. The molecule has 34 heavy (non-hydrogen) atoms. The first-order valence-corrected chi connectivity index (χ1v) is 12.4. The second-order valence-corrected chi connectivity index (χ2v) is 10.7. The van der Waals surface area contributed by atoms with E-state index in [0.717, 1.165) is 24.7 Å². The Morgan fingerprint density at radius 1 is 1.18 bits per heavy atom. The maximum Gasteiger partial charge on any atom is 0.284 e. The highest BCUT2D eigenvalue weighted by Gasteiger charge is 2.22. The third-order valence-corrected chi connectivity index (χ3v) is 6.52. The van der Waals surface area contributed by atoms with Gasteiger partial charge in [0.05, 0.1) is 4.90 Å². The highest BCUT2D eigenvalue weighted by atomic mass is 32.2. The normalized spacial score (nSPS) is 12.9. The zero-order valence-electron chi connectivity index (χ0n) is 20.0. The molecule has 0 aliphatic carbocycles. The molecule has 0 spiro atoms. The Morgan fingerprint density at radius 2 is 1.82 bits per heavy atom. The van der Waals surface area contributed by atoms with Crippen LogP contribution in [0, 0.1) is 5.92 Å². The first-order chi connectivity index (χ1) is 15.9. The lowest BCUT2D eigenvalue weighted by atomic mass is 9.97. The number of sulfonamides is 1. The molecule has 1 heterocycles. The van der Waals surface area contributed by atoms with Gasteiger partial charge in [-0.15, -0.1) is 4.40 Å². The summed E-state index contributed by atoms with van der Waals surface area (Å²) < 4.78 is 35.2. The van der Waals surface area contributed by atoms with Crippen LogP contribution >= 0.6 is 0 Å². The Balaban J connectivity index is 2.02. The molecule has 1 aromatic heterocycles. The van der Waals surface area contributed by atoms with Gasteiger partial charge < -0.3 is 19.5 Å². The van der Waals surface area contributed by atoms with Crippen LogP contribution in [-0.4, -0.2) is 36.3 Å². The fourth-order valence-electron chi connectivity index (χ4n) is 3.76. The van der Waals surface area contributed by atoms with Crippen LogP contribution in [0.4, 0.5) is 0 Å². The van der Waals surface area contributed by atoms with Crippen LogP contribution in [0.1, 0.15) is 44.6 Å². The molecule has 3 rings (SSSR count). The molecule has 2 aromatic carbocycles. The summed E-state index contributed by atoms with van der Waals surface area (Å²) in [6.45, 7) is 8.03. The minimum atomic E-state index is -4.26. The molecule has 0 atom stereocenters. The number of ether oxygens (including phenoxy) is 1. The summed E-state index contributed by atoms with van der Waals surface area (Å²) >= 11 is 0. The number of nitrogens with zero attached hydrogens (tertiary/aromatic N) is 3. The van der Waals surface area contributed by atoms with Crippen molar-refractivity contribution in [3.63, 3.8) is 0 Å². The van der Waals surface area contributed by atoms with Crippen LogP contribution in [-0.2, 0) is 33.3 Å². The molecule has 9 heteroatoms. The number of aromatic nitrogens is 2. The molecule has 1 N–H and O–H groups in total. The highest BCUT2D eigenvalue weighted by molar-refractivity contribution is 7.90. The number of methoxy groups -OCH3 is 1. The van der Waals surface area contributed by atoms with E-state index in [1.54, 1.807) is 32.3 Å². The lowest BCUT2D eigenvalue weighted by Gasteiger charge is -2.19. The minimum Gasteiger partial charge on any atom is -0.603 e. The van der Waals surface area contributed by atoms with E-state index >= 15 is 0 Å². The van der Waals surface area contributed by atoms with Crippen LogP contribution in [0.5, 0.6) is 0 Å². The van der Waals surface area contributed by atoms with Crippen molar-refractivity contribution in [1.29, 1.82) is 0 Å². The molecule has 0 saturated carbocycles. The van der Waals surface area contributed by atoms with Gasteiger partial charge in [-0.25, -0.2) is 4.98 Å². The molecule has 0 aliphatic heterocycles. The summed E-state index contributed by atoms with van der Waals surface area (Å²) in [4.78, 5) is 4.19. The van der Waals surface area contributed by atoms with Gasteiger partial charge in [0.25, 0.3) is 10.0 Å². The van der Waals surface area contributed by atoms with E-state index in [4.69, 9.17) is 0 Å². The maximum absolute atomic E-state index is 12.8. The molecule has 0 saturated heterocycles. The predicted molar refractivity (Wildman–Crippen MR) is 129 cm³/mol. The summed E-state index contributed by atoms with van der Waals surface area (Å²) in [6.07, 6.45) is 3.05. The summed E-state index contributed by atoms with van der Waals surface area (Å²) in [5.74, 6) is 0.938. The van der Waals surface area contributed by atoms with Crippen LogP contribution in [0.2, 0.25) is 0 Å². The zero-order chi connectivity index (χ0) is 25.1. The molecular formula is C25H30N3O5S-. The van der Waals surface area contributed by atoms with Gasteiger partial charge in [0.15, 0.2) is 6.08 Å². The number of hydrogen-bond acceptors (Lipinski definition) is 6. The van der Waals surface area contributed by atoms with Gasteiger partial charge in [0, 0.05) is 24.5 Å². The number of benzene rings is 2. The first-order valence-electron chi connectivity index (χ1n) is 10.9. The summed E-state index contributed by atoms with van der Waals surface area (Å²) in [7, 11) is -3.18. The van der Waals surface area contributed by atoms with Crippen LogP contribution < -0.4 is 5.11 Å². The molecule has 3 aromatic rings. The SMILES string of the molecule is CO/C([O-])=N/S(=O)(=O)c1ccc(CC(C)C)cc1-c1ccc(Cn2ccnc2C(C)(C)O)cc1. The quantitative estimate of drug-likeness (QED) is 0.388. The second-order valence-electron chi connectivity index (χ2n) is 9.10. The van der Waals surface area contributed by atoms with Crippen LogP contribution in [0.25, 0.3) is 11.1 Å². The molecule has 182 valence electrons. The molecule has 0 amide bonds. The largest absolute Gasteiger partial charge is 0.603 e. The van der Waals surface area contributed by atoms with E-state index in [0.29, 0.717) is 29.4 Å². The minimum absolute atomic E-state index is 0.0583. The van der Waals surface area contributed by atoms with Gasteiger partial charge in [0.2, 0.25) is 0 Å². The van der Waals surface area contributed by atoms with Crippen molar-refractivity contribution in [2.45, 2.75) is 51.2 Å². The van der Waals surface area contributed by atoms with Gasteiger partial charge >= 0.3 is 0 Å². The van der Waals surface area contributed by atoms with Crippen LogP contribution in [0.15, 0.2) is 64.2 Å². The fraction of sp³-hybridized carbons (Fsp3) is 0.360. The summed E-state index contributed by atoms with van der Waals surface area (Å²) in [5, 5.41) is 21.9. The average Bonchev–Trinajstić information content (AvgIpc) is 3.22. The van der Waals surface area contributed by atoms with Crippen molar-refractivity contribution in [3.05, 3.63) is 71.8 Å². The standard InChI is InChI=1S/C25H31N3O5S/c1-17(2)14-19-8-11-22(34(31,32)27-24(29)33-5)21(15-19)20-9-6-18(7-10-20)16-28-13-12-26-23(28)25(3,4)30/h6-13,15,17,30H,14,16H2,1-5H3,(H,27,29)/p-1. The lowest BCUT2D eigenvalue weighted by Crippen LogP contribution is -2.22. The van der Waals surface area contributed by atoms with Gasteiger partial charge in [-0.3, -0.25) is 0 Å². The number of imidazole rings is 1. The molecule has 0 fully saturated rings. The molecule has 8 nitrogen and oxygen atoms in total. The average molecular weight is 485 g/mol. The second kappa shape index (κ2) is 9.99. The molecule has 0 aliphatic rings. The highest BCUT2D eigenvalue weighted by Crippen LogP contribution is 2.31. The lowest BCUT2D eigenvalue weighted by molar-refractivity contribution is -0.246. The smallest absolute Gasteiger partial charge is 0.284 e. The van der Waals surface area contributed by atoms with Crippen molar-refractivity contribution < 1.29 is 23.4 Å². The van der Waals surface area contributed by atoms with E-state index in [2.05, 4.69) is 28.0 Å². The molecular weight excluding hydrogens is 454 g/mol. The van der Waals surface area contributed by atoms with Crippen molar-refractivity contribution in [1.82, 2.24) is 9.55 Å². The topological polar surface area (TPSA) is 117 Å². The first kappa shape index (κ1) is 25.5. The third kappa shape index (κ3) is 6.03. The van der Waals surface area contributed by atoms with Gasteiger partial charge in [0.1, 0.15) is 11.4 Å². The Hall–Kier alpha value is -3.17. The van der Waals surface area contributed by atoms with Crippen molar-refractivity contribution in [3.8, 4) is 11.1 Å². The Morgan fingerprint density at radius 3 is 2.41 bits per heavy atom. The van der Waals surface area contributed by atoms with Gasteiger partial charge in [-0.1, -0.05) is 44.2 Å². The Kier molecular flexibility index (Phi) is 7.48. The van der Waals surface area contributed by atoms with E-state index in [1.165, 1.54) is 6.07 Å². The fourth-order valence-corrected chi connectivity index (χ4v) is 4.83. The zero-order valence-corrected chi connectivity index (χ0v) is 20.8. The van der Waals surface area contributed by atoms with E-state index < -0.39 is 21.7 Å². The van der Waals surface area contributed by atoms with E-state index in [9.17, 15) is 18.6 Å². The number of rotatable bonds is 8. The Bertz CT molecular complexity index is 1270. The summed E-state index contributed by atoms with van der Waals surface area (Å²) in [6, 6.07) is 12.5. The summed E-state index contributed by atoms with van der Waals surface area (Å²) in [5.41, 5.74) is 2.01.